The highest BCUT2D eigenvalue weighted by atomic mass is 16.2. The quantitative estimate of drug-likeness (QED) is 0.605. The molecule has 8 heteroatoms. The molecule has 36 heavy (non-hydrogen) atoms. The highest BCUT2D eigenvalue weighted by molar-refractivity contribution is 6.23. The number of carbonyl (C=O) groups excluding carboxylic acids is 4. The van der Waals surface area contributed by atoms with Crippen LogP contribution in [-0.4, -0.2) is 58.6 Å². The van der Waals surface area contributed by atoms with E-state index in [9.17, 15) is 19.2 Å². The van der Waals surface area contributed by atoms with Crippen molar-refractivity contribution in [1.29, 1.82) is 0 Å². The first-order chi connectivity index (χ1) is 17.4. The van der Waals surface area contributed by atoms with E-state index >= 15 is 0 Å². The molecule has 0 spiro atoms. The monoisotopic (exact) mass is 488 g/mol. The lowest BCUT2D eigenvalue weighted by Gasteiger charge is -2.41. The van der Waals surface area contributed by atoms with Crippen LogP contribution in [0.3, 0.4) is 0 Å². The molecule has 1 aliphatic carbocycles. The van der Waals surface area contributed by atoms with Gasteiger partial charge in [-0.25, -0.2) is 4.90 Å². The lowest BCUT2D eigenvalue weighted by Crippen LogP contribution is -2.54. The normalized spacial score (nSPS) is 21.0. The molecule has 188 valence electrons. The summed E-state index contributed by atoms with van der Waals surface area (Å²) in [5.74, 6) is -0.840. The van der Waals surface area contributed by atoms with Crippen molar-refractivity contribution < 1.29 is 19.2 Å². The molecule has 4 amide bonds. The van der Waals surface area contributed by atoms with Crippen LogP contribution < -0.4 is 10.2 Å². The molecule has 5 rings (SSSR count). The summed E-state index contributed by atoms with van der Waals surface area (Å²) in [6.45, 7) is 3.98. The van der Waals surface area contributed by atoms with Crippen LogP contribution in [0.25, 0.3) is 0 Å². The van der Waals surface area contributed by atoms with Crippen LogP contribution in [0.2, 0.25) is 0 Å². The molecule has 1 N–H and O–H groups in total. The van der Waals surface area contributed by atoms with Crippen molar-refractivity contribution in [2.24, 2.45) is 5.92 Å². The Morgan fingerprint density at radius 3 is 2.22 bits per heavy atom. The zero-order chi connectivity index (χ0) is 25.2. The van der Waals surface area contributed by atoms with Gasteiger partial charge in [0.2, 0.25) is 17.7 Å². The summed E-state index contributed by atoms with van der Waals surface area (Å²) >= 11 is 0. The summed E-state index contributed by atoms with van der Waals surface area (Å²) in [7, 11) is 0. The van der Waals surface area contributed by atoms with Crippen molar-refractivity contribution >= 4 is 35.0 Å². The predicted octanol–water partition coefficient (Wildman–Crippen LogP) is 3.18. The molecule has 0 radical (unpaired) electrons. The number of hydrogen-bond donors (Lipinski definition) is 1. The first kappa shape index (κ1) is 24.2. The second-order valence-corrected chi connectivity index (χ2v) is 10.0. The second-order valence-electron chi connectivity index (χ2n) is 10.0. The van der Waals surface area contributed by atoms with E-state index in [2.05, 4.69) is 22.3 Å². The molecule has 2 aromatic rings. The van der Waals surface area contributed by atoms with Crippen molar-refractivity contribution in [3.05, 3.63) is 60.2 Å². The van der Waals surface area contributed by atoms with Crippen LogP contribution >= 0.6 is 0 Å². The fourth-order valence-corrected chi connectivity index (χ4v) is 5.33. The lowest BCUT2D eigenvalue weighted by molar-refractivity contribution is -0.143. The summed E-state index contributed by atoms with van der Waals surface area (Å²) in [5.41, 5.74) is 2.31. The van der Waals surface area contributed by atoms with E-state index < -0.39 is 6.04 Å². The molecule has 2 heterocycles. The number of likely N-dealkylation sites (tertiary alicyclic amines) is 1. The first-order valence-electron chi connectivity index (χ1n) is 12.7. The lowest BCUT2D eigenvalue weighted by atomic mass is 9.99. The summed E-state index contributed by atoms with van der Waals surface area (Å²) in [6.07, 6.45) is 3.29. The van der Waals surface area contributed by atoms with Crippen LogP contribution in [0.15, 0.2) is 54.6 Å². The predicted molar refractivity (Wildman–Crippen MR) is 136 cm³/mol. The third-order valence-electron chi connectivity index (χ3n) is 7.29. The molecule has 2 aliphatic heterocycles. The molecule has 1 atom stereocenters. The minimum atomic E-state index is -0.758. The fourth-order valence-electron chi connectivity index (χ4n) is 5.33. The number of benzene rings is 2. The van der Waals surface area contributed by atoms with E-state index in [-0.39, 0.29) is 42.0 Å². The number of nitrogens with one attached hydrogen (secondary N) is 1. The van der Waals surface area contributed by atoms with Crippen molar-refractivity contribution in [3.63, 3.8) is 0 Å². The standard InChI is InChI=1S/C28H32N4O4/c1-19(33)29-22-9-11-23(12-10-22)32-26(34)17-25(28(32)36)31(27(35)21-7-8-21)24-13-15-30(16-14-24)18-20-5-3-2-4-6-20/h2-6,9-12,21,24-25H,7-8,13-18H2,1H3,(H,29,33). The zero-order valence-corrected chi connectivity index (χ0v) is 20.6. The van der Waals surface area contributed by atoms with Gasteiger partial charge in [0.25, 0.3) is 5.91 Å². The number of piperidine rings is 1. The van der Waals surface area contributed by atoms with Gasteiger partial charge >= 0.3 is 0 Å². The molecule has 2 aromatic carbocycles. The molecule has 0 aromatic heterocycles. The number of nitrogens with zero attached hydrogens (tertiary/aromatic N) is 3. The Bertz CT molecular complexity index is 1140. The largest absolute Gasteiger partial charge is 0.327 e. The van der Waals surface area contributed by atoms with Gasteiger partial charge in [0.1, 0.15) is 6.04 Å². The van der Waals surface area contributed by atoms with Crippen LogP contribution in [-0.2, 0) is 25.7 Å². The van der Waals surface area contributed by atoms with Gasteiger partial charge in [0.05, 0.1) is 12.1 Å². The van der Waals surface area contributed by atoms with Crippen molar-refractivity contribution in [2.75, 3.05) is 23.3 Å². The Balaban J connectivity index is 1.30. The van der Waals surface area contributed by atoms with E-state index in [1.807, 2.05) is 18.2 Å². The highest BCUT2D eigenvalue weighted by Gasteiger charge is 2.49. The van der Waals surface area contributed by atoms with Crippen molar-refractivity contribution in [1.82, 2.24) is 9.80 Å². The van der Waals surface area contributed by atoms with Crippen LogP contribution in [0.5, 0.6) is 0 Å². The van der Waals surface area contributed by atoms with Gasteiger partial charge in [0.15, 0.2) is 0 Å². The van der Waals surface area contributed by atoms with E-state index in [0.717, 1.165) is 45.3 Å². The second kappa shape index (κ2) is 10.2. The summed E-state index contributed by atoms with van der Waals surface area (Å²) in [6, 6.07) is 16.2. The maximum atomic E-state index is 13.5. The number of imide groups is 1. The third kappa shape index (κ3) is 5.18. The van der Waals surface area contributed by atoms with Gasteiger partial charge in [0, 0.05) is 44.2 Å². The molecule has 1 saturated carbocycles. The smallest absolute Gasteiger partial charge is 0.257 e. The highest BCUT2D eigenvalue weighted by Crippen LogP contribution is 2.37. The molecule has 0 bridgehead atoms. The molecule has 3 fully saturated rings. The van der Waals surface area contributed by atoms with Gasteiger partial charge in [-0.2, -0.15) is 0 Å². The molecule has 3 aliphatic rings. The van der Waals surface area contributed by atoms with Gasteiger partial charge in [-0.1, -0.05) is 30.3 Å². The minimum absolute atomic E-state index is 0.00890. The molecule has 8 nitrogen and oxygen atoms in total. The Hall–Kier alpha value is -3.52. The summed E-state index contributed by atoms with van der Waals surface area (Å²) in [4.78, 5) is 56.6. The average molecular weight is 489 g/mol. The number of amides is 4. The summed E-state index contributed by atoms with van der Waals surface area (Å²) < 4.78 is 0. The van der Waals surface area contributed by atoms with E-state index in [1.54, 1.807) is 29.2 Å². The van der Waals surface area contributed by atoms with Gasteiger partial charge in [-0.15, -0.1) is 0 Å². The number of carbonyl (C=O) groups is 4. The molecule has 1 unspecified atom stereocenters. The van der Waals surface area contributed by atoms with Gasteiger partial charge in [-0.05, 0) is 55.5 Å². The minimum Gasteiger partial charge on any atom is -0.327 e. The number of rotatable bonds is 7. The number of anilines is 2. The third-order valence-corrected chi connectivity index (χ3v) is 7.29. The molecular weight excluding hydrogens is 456 g/mol. The van der Waals surface area contributed by atoms with Crippen LogP contribution in [0.4, 0.5) is 11.4 Å². The van der Waals surface area contributed by atoms with Gasteiger partial charge in [-0.3, -0.25) is 24.1 Å². The van der Waals surface area contributed by atoms with Crippen molar-refractivity contribution in [3.8, 4) is 0 Å². The van der Waals surface area contributed by atoms with Gasteiger partial charge < -0.3 is 10.2 Å². The average Bonchev–Trinajstić information content (AvgIpc) is 3.67. The van der Waals surface area contributed by atoms with E-state index in [4.69, 9.17) is 0 Å². The first-order valence-corrected chi connectivity index (χ1v) is 12.7. The topological polar surface area (TPSA) is 90.0 Å². The Kier molecular flexibility index (Phi) is 6.87. The Morgan fingerprint density at radius 2 is 1.61 bits per heavy atom. The number of hydrogen-bond acceptors (Lipinski definition) is 5. The maximum Gasteiger partial charge on any atom is 0.257 e. The maximum absolute atomic E-state index is 13.5. The van der Waals surface area contributed by atoms with Crippen LogP contribution in [0, 0.1) is 5.92 Å². The molecule has 2 saturated heterocycles. The molecular formula is C28H32N4O4. The Labute approximate surface area is 211 Å². The SMILES string of the molecule is CC(=O)Nc1ccc(N2C(=O)CC(N(C(=O)C3CC3)C3CCN(Cc4ccccc4)CC3)C2=O)cc1. The Morgan fingerprint density at radius 1 is 0.944 bits per heavy atom. The summed E-state index contributed by atoms with van der Waals surface area (Å²) in [5, 5.41) is 2.68. The zero-order valence-electron chi connectivity index (χ0n) is 20.6. The van der Waals surface area contributed by atoms with Crippen molar-refractivity contribution in [2.45, 2.75) is 57.7 Å². The van der Waals surface area contributed by atoms with E-state index in [1.165, 1.54) is 17.4 Å². The van der Waals surface area contributed by atoms with E-state index in [0.29, 0.717) is 11.4 Å². The fraction of sp³-hybridized carbons (Fsp3) is 0.429. The van der Waals surface area contributed by atoms with Crippen LogP contribution in [0.1, 0.15) is 44.6 Å².